The molecular formula is C29H47F2NO3S. The number of carbonyl (C=O) groups excluding carboxylic acids is 1. The maximum atomic E-state index is 14.7. The predicted octanol–water partition coefficient (Wildman–Crippen LogP) is 5.75. The van der Waals surface area contributed by atoms with Gasteiger partial charge in [0.05, 0.1) is 6.10 Å². The molecule has 36 heavy (non-hydrogen) atoms. The molecule has 5 rings (SSSR count). The van der Waals surface area contributed by atoms with Crippen molar-refractivity contribution in [2.24, 2.45) is 40.4 Å². The van der Waals surface area contributed by atoms with Crippen LogP contribution in [-0.4, -0.2) is 63.2 Å². The highest BCUT2D eigenvalue weighted by Gasteiger charge is 2.65. The van der Waals surface area contributed by atoms with E-state index in [-0.39, 0.29) is 36.0 Å². The second kappa shape index (κ2) is 9.97. The molecule has 0 spiro atoms. The normalized spacial score (nSPS) is 47.6. The molecule has 1 amide bonds. The van der Waals surface area contributed by atoms with E-state index in [1.54, 1.807) is 0 Å². The number of alkyl halides is 2. The minimum atomic E-state index is -3.03. The van der Waals surface area contributed by atoms with Gasteiger partial charge in [0.25, 0.3) is 5.92 Å². The first-order valence-corrected chi connectivity index (χ1v) is 15.8. The van der Waals surface area contributed by atoms with Crippen molar-refractivity contribution in [3.8, 4) is 0 Å². The molecule has 1 aliphatic heterocycles. The molecule has 206 valence electrons. The fourth-order valence-corrected chi connectivity index (χ4v) is 11.1. The van der Waals surface area contributed by atoms with Gasteiger partial charge in [0.15, 0.2) is 0 Å². The minimum Gasteiger partial charge on any atom is -0.393 e. The first-order chi connectivity index (χ1) is 17.0. The lowest BCUT2D eigenvalue weighted by atomic mass is 9.43. The molecule has 0 radical (unpaired) electrons. The third-order valence-electron chi connectivity index (χ3n) is 11.8. The molecule has 5 aliphatic rings. The van der Waals surface area contributed by atoms with Crippen LogP contribution in [0, 0.1) is 40.4 Å². The van der Waals surface area contributed by atoms with Crippen LogP contribution in [0.4, 0.5) is 8.78 Å². The van der Waals surface area contributed by atoms with E-state index >= 15 is 0 Å². The van der Waals surface area contributed by atoms with Gasteiger partial charge in [-0.2, -0.15) is 11.8 Å². The molecule has 1 saturated heterocycles. The van der Waals surface area contributed by atoms with Crippen LogP contribution >= 0.6 is 11.8 Å². The van der Waals surface area contributed by atoms with Crippen LogP contribution in [-0.2, 0) is 4.79 Å². The number of aliphatic hydroxyl groups is 2. The lowest BCUT2D eigenvalue weighted by Gasteiger charge is -2.63. The molecule has 0 aromatic rings. The van der Waals surface area contributed by atoms with Crippen molar-refractivity contribution in [1.29, 1.82) is 0 Å². The standard InChI is InChI=1S/C29H47F2NO3S/c1-4-32(20-11-13-36-16-20)25(35)7-5-6-18-8-9-21-26-22(10-12-27(18,21)2)28(3)17-29(30,31)24(34)15-19(28)14-23(26)33/h18-24,26,33-34H,4-17H2,1-3H3. The summed E-state index contributed by atoms with van der Waals surface area (Å²) < 4.78 is 29.4. The van der Waals surface area contributed by atoms with E-state index in [0.29, 0.717) is 36.6 Å². The number of rotatable bonds is 6. The Morgan fingerprint density at radius 3 is 2.50 bits per heavy atom. The quantitative estimate of drug-likeness (QED) is 0.462. The Hall–Kier alpha value is -0.400. The van der Waals surface area contributed by atoms with Gasteiger partial charge in [-0.25, -0.2) is 8.78 Å². The second-order valence-electron chi connectivity index (χ2n) is 13.4. The van der Waals surface area contributed by atoms with Gasteiger partial charge in [0, 0.05) is 31.2 Å². The smallest absolute Gasteiger partial charge is 0.274 e. The Morgan fingerprint density at radius 2 is 1.81 bits per heavy atom. The Kier molecular flexibility index (Phi) is 7.53. The number of fused-ring (bicyclic) bond motifs is 5. The van der Waals surface area contributed by atoms with Crippen LogP contribution in [0.3, 0.4) is 0 Å². The lowest BCUT2D eigenvalue weighted by molar-refractivity contribution is -0.235. The molecule has 4 saturated carbocycles. The molecule has 0 aromatic carbocycles. The molecule has 1 heterocycles. The number of amides is 1. The van der Waals surface area contributed by atoms with Crippen molar-refractivity contribution in [3.05, 3.63) is 0 Å². The third kappa shape index (κ3) is 4.45. The summed E-state index contributed by atoms with van der Waals surface area (Å²) in [6.07, 6.45) is 6.18. The Balaban J connectivity index is 1.24. The summed E-state index contributed by atoms with van der Waals surface area (Å²) in [5.41, 5.74) is -0.391. The SMILES string of the molecule is CCN(C(=O)CCCC1CCC2C3C(O)CC4CC(O)C(F)(F)CC4(C)C3CCC12C)C1CCSC1. The van der Waals surface area contributed by atoms with Gasteiger partial charge in [-0.3, -0.25) is 4.79 Å². The van der Waals surface area contributed by atoms with Crippen LogP contribution in [0.25, 0.3) is 0 Å². The monoisotopic (exact) mass is 527 g/mol. The summed E-state index contributed by atoms with van der Waals surface area (Å²) in [5, 5.41) is 21.4. The zero-order valence-corrected chi connectivity index (χ0v) is 23.2. The highest BCUT2D eigenvalue weighted by atomic mass is 32.2. The topological polar surface area (TPSA) is 60.8 Å². The second-order valence-corrected chi connectivity index (χ2v) is 14.5. The van der Waals surface area contributed by atoms with Crippen LogP contribution < -0.4 is 0 Å². The van der Waals surface area contributed by atoms with Crippen molar-refractivity contribution < 1.29 is 23.8 Å². The van der Waals surface area contributed by atoms with E-state index in [4.69, 9.17) is 0 Å². The van der Waals surface area contributed by atoms with Crippen molar-refractivity contribution in [3.63, 3.8) is 0 Å². The highest BCUT2D eigenvalue weighted by Crippen LogP contribution is 2.68. The van der Waals surface area contributed by atoms with Crippen LogP contribution in [0.15, 0.2) is 0 Å². The van der Waals surface area contributed by atoms with Gasteiger partial charge in [-0.15, -0.1) is 0 Å². The molecule has 4 aliphatic carbocycles. The molecule has 0 bridgehead atoms. The number of carbonyl (C=O) groups is 1. The van der Waals surface area contributed by atoms with Crippen molar-refractivity contribution in [2.75, 3.05) is 18.1 Å². The van der Waals surface area contributed by atoms with Gasteiger partial charge in [0.2, 0.25) is 5.91 Å². The third-order valence-corrected chi connectivity index (χ3v) is 13.0. The molecule has 2 N–H and O–H groups in total. The minimum absolute atomic E-state index is 0.0317. The van der Waals surface area contributed by atoms with E-state index in [9.17, 15) is 23.8 Å². The van der Waals surface area contributed by atoms with Crippen molar-refractivity contribution >= 4 is 17.7 Å². The van der Waals surface area contributed by atoms with Crippen molar-refractivity contribution in [2.45, 2.75) is 116 Å². The van der Waals surface area contributed by atoms with Gasteiger partial charge < -0.3 is 15.1 Å². The maximum absolute atomic E-state index is 14.7. The van der Waals surface area contributed by atoms with Gasteiger partial charge >= 0.3 is 0 Å². The molecular weight excluding hydrogens is 480 g/mol. The summed E-state index contributed by atoms with van der Waals surface area (Å²) in [7, 11) is 0. The number of aliphatic hydroxyl groups excluding tert-OH is 2. The van der Waals surface area contributed by atoms with E-state index in [1.807, 2.05) is 18.7 Å². The first kappa shape index (κ1) is 27.2. The lowest BCUT2D eigenvalue weighted by Crippen LogP contribution is -2.61. The average molecular weight is 528 g/mol. The van der Waals surface area contributed by atoms with E-state index < -0.39 is 23.5 Å². The van der Waals surface area contributed by atoms with E-state index in [1.165, 1.54) is 0 Å². The van der Waals surface area contributed by atoms with Crippen molar-refractivity contribution in [1.82, 2.24) is 4.90 Å². The Bertz CT molecular complexity index is 822. The molecule has 10 unspecified atom stereocenters. The average Bonchev–Trinajstić information content (AvgIpc) is 3.45. The number of nitrogens with zero attached hydrogens (tertiary/aromatic N) is 1. The fourth-order valence-electron chi connectivity index (χ4n) is 9.86. The van der Waals surface area contributed by atoms with Crippen LogP contribution in [0.2, 0.25) is 0 Å². The summed E-state index contributed by atoms with van der Waals surface area (Å²) in [4.78, 5) is 15.1. The number of thioether (sulfide) groups is 1. The predicted molar refractivity (Wildman–Crippen MR) is 140 cm³/mol. The first-order valence-electron chi connectivity index (χ1n) is 14.6. The van der Waals surface area contributed by atoms with Gasteiger partial charge in [-0.1, -0.05) is 13.8 Å². The summed E-state index contributed by atoms with van der Waals surface area (Å²) in [6.45, 7) is 7.31. The summed E-state index contributed by atoms with van der Waals surface area (Å²) in [6, 6.07) is 0.405. The fraction of sp³-hybridized carbons (Fsp3) is 0.966. The molecule has 5 fully saturated rings. The maximum Gasteiger partial charge on any atom is 0.274 e. The van der Waals surface area contributed by atoms with E-state index in [2.05, 4.69) is 18.7 Å². The molecule has 10 atom stereocenters. The van der Waals surface area contributed by atoms with Crippen LogP contribution in [0.1, 0.15) is 91.4 Å². The summed E-state index contributed by atoms with van der Waals surface area (Å²) >= 11 is 1.95. The molecule has 4 nitrogen and oxygen atoms in total. The van der Waals surface area contributed by atoms with E-state index in [0.717, 1.165) is 63.0 Å². The Labute approximate surface area is 220 Å². The number of hydrogen-bond acceptors (Lipinski definition) is 4. The summed E-state index contributed by atoms with van der Waals surface area (Å²) in [5.74, 6) is 0.552. The Morgan fingerprint density at radius 1 is 1.06 bits per heavy atom. The largest absolute Gasteiger partial charge is 0.393 e. The highest BCUT2D eigenvalue weighted by molar-refractivity contribution is 7.99. The zero-order chi connectivity index (χ0) is 25.9. The van der Waals surface area contributed by atoms with Gasteiger partial charge in [-0.05, 0) is 111 Å². The number of hydrogen-bond donors (Lipinski definition) is 2. The zero-order valence-electron chi connectivity index (χ0n) is 22.4. The number of halogens is 2. The molecule has 7 heteroatoms. The molecule has 0 aromatic heterocycles. The van der Waals surface area contributed by atoms with Crippen LogP contribution in [0.5, 0.6) is 0 Å². The van der Waals surface area contributed by atoms with Gasteiger partial charge in [0.1, 0.15) is 6.10 Å².